The first-order valence-corrected chi connectivity index (χ1v) is 6.12. The maximum absolute atomic E-state index is 13.7. The van der Waals surface area contributed by atoms with E-state index in [1.165, 1.54) is 6.07 Å². The summed E-state index contributed by atoms with van der Waals surface area (Å²) in [4.78, 5) is 0. The number of hydrogen-bond donors (Lipinski definition) is 2. The summed E-state index contributed by atoms with van der Waals surface area (Å²) in [6.45, 7) is 0.362. The van der Waals surface area contributed by atoms with Gasteiger partial charge >= 0.3 is 0 Å². The molecule has 1 aromatic heterocycles. The van der Waals surface area contributed by atoms with E-state index in [4.69, 9.17) is 5.26 Å². The lowest BCUT2D eigenvalue weighted by Crippen LogP contribution is -2.02. The fourth-order valence-corrected chi connectivity index (χ4v) is 2.01. The van der Waals surface area contributed by atoms with Crippen molar-refractivity contribution in [1.82, 2.24) is 10.2 Å². The maximum Gasteiger partial charge on any atom is 0.129 e. The topological polar surface area (TPSA) is 64.5 Å². The predicted octanol–water partition coefficient (Wildman–Crippen LogP) is 3.19. The normalized spacial score (nSPS) is 10.4. The van der Waals surface area contributed by atoms with E-state index in [1.54, 1.807) is 18.3 Å². The van der Waals surface area contributed by atoms with E-state index in [2.05, 4.69) is 15.5 Å². The van der Waals surface area contributed by atoms with E-state index in [9.17, 15) is 4.39 Å². The minimum Gasteiger partial charge on any atom is -0.381 e. The Balaban J connectivity index is 1.77. The highest BCUT2D eigenvalue weighted by Crippen LogP contribution is 2.18. The molecule has 1 heterocycles. The number of anilines is 1. The Morgan fingerprint density at radius 1 is 1.25 bits per heavy atom. The van der Waals surface area contributed by atoms with Crippen LogP contribution >= 0.6 is 0 Å². The summed E-state index contributed by atoms with van der Waals surface area (Å²) in [5, 5.41) is 19.7. The lowest BCUT2D eigenvalue weighted by molar-refractivity contribution is 0.612. The average Bonchev–Trinajstić information content (AvgIpc) is 2.93. The van der Waals surface area contributed by atoms with Gasteiger partial charge in [0, 0.05) is 23.2 Å². The smallest absolute Gasteiger partial charge is 0.129 e. The average molecular weight is 266 g/mol. The summed E-state index contributed by atoms with van der Waals surface area (Å²) < 4.78 is 13.7. The third kappa shape index (κ3) is 2.31. The van der Waals surface area contributed by atoms with Crippen molar-refractivity contribution in [2.45, 2.75) is 6.54 Å². The first kappa shape index (κ1) is 12.2. The fourth-order valence-electron chi connectivity index (χ4n) is 2.01. The summed E-state index contributed by atoms with van der Waals surface area (Å²) in [6, 6.07) is 12.2. The number of fused-ring (bicyclic) bond motifs is 1. The van der Waals surface area contributed by atoms with Crippen LogP contribution in [0.25, 0.3) is 10.9 Å². The summed E-state index contributed by atoms with van der Waals surface area (Å²) in [6.07, 6.45) is 1.74. The van der Waals surface area contributed by atoms with Crippen LogP contribution in [-0.2, 0) is 6.54 Å². The van der Waals surface area contributed by atoms with E-state index in [1.807, 2.05) is 24.3 Å². The SMILES string of the molecule is N#Cc1ccc(CNc2ccc3[nH]ncc3c2)c(F)c1. The number of rotatable bonds is 3. The standard InChI is InChI=1S/C15H11FN4/c16-14-5-10(7-17)1-2-11(14)8-18-13-3-4-15-12(6-13)9-19-20-15/h1-6,9,18H,8H2,(H,19,20). The molecule has 0 spiro atoms. The van der Waals surface area contributed by atoms with Gasteiger partial charge in [-0.3, -0.25) is 5.10 Å². The lowest BCUT2D eigenvalue weighted by atomic mass is 10.1. The zero-order chi connectivity index (χ0) is 13.9. The van der Waals surface area contributed by atoms with Crippen molar-refractivity contribution in [3.05, 3.63) is 59.5 Å². The highest BCUT2D eigenvalue weighted by molar-refractivity contribution is 5.81. The molecule has 98 valence electrons. The third-order valence-corrected chi connectivity index (χ3v) is 3.11. The monoisotopic (exact) mass is 266 g/mol. The van der Waals surface area contributed by atoms with E-state index in [0.29, 0.717) is 17.7 Å². The Labute approximate surface area is 114 Å². The molecule has 0 aliphatic rings. The summed E-state index contributed by atoms with van der Waals surface area (Å²) in [7, 11) is 0. The molecule has 0 saturated carbocycles. The van der Waals surface area contributed by atoms with Crippen LogP contribution in [0.1, 0.15) is 11.1 Å². The summed E-state index contributed by atoms with van der Waals surface area (Å²) in [5.74, 6) is -0.374. The minimum atomic E-state index is -0.374. The Morgan fingerprint density at radius 2 is 2.15 bits per heavy atom. The number of H-pyrrole nitrogens is 1. The molecule has 20 heavy (non-hydrogen) atoms. The summed E-state index contributed by atoms with van der Waals surface area (Å²) in [5.41, 5.74) is 2.70. The summed E-state index contributed by atoms with van der Waals surface area (Å²) >= 11 is 0. The van der Waals surface area contributed by atoms with Gasteiger partial charge in [0.1, 0.15) is 5.82 Å². The van der Waals surface area contributed by atoms with Crippen LogP contribution in [0.2, 0.25) is 0 Å². The second-order valence-corrected chi connectivity index (χ2v) is 4.44. The van der Waals surface area contributed by atoms with Crippen LogP contribution in [0.15, 0.2) is 42.6 Å². The number of nitriles is 1. The molecule has 0 unspecified atom stereocenters. The molecule has 0 aliphatic heterocycles. The number of nitrogens with zero attached hydrogens (tertiary/aromatic N) is 2. The largest absolute Gasteiger partial charge is 0.381 e. The Bertz CT molecular complexity index is 801. The van der Waals surface area contributed by atoms with E-state index >= 15 is 0 Å². The molecule has 3 rings (SSSR count). The molecule has 0 radical (unpaired) electrons. The van der Waals surface area contributed by atoms with Crippen molar-refractivity contribution in [1.29, 1.82) is 5.26 Å². The zero-order valence-corrected chi connectivity index (χ0v) is 10.5. The van der Waals surface area contributed by atoms with Crippen molar-refractivity contribution < 1.29 is 4.39 Å². The first-order valence-electron chi connectivity index (χ1n) is 6.12. The minimum absolute atomic E-state index is 0.325. The quantitative estimate of drug-likeness (QED) is 0.765. The molecule has 2 N–H and O–H groups in total. The number of nitrogens with one attached hydrogen (secondary N) is 2. The second-order valence-electron chi connectivity index (χ2n) is 4.44. The number of aromatic amines is 1. The lowest BCUT2D eigenvalue weighted by Gasteiger charge is -2.07. The van der Waals surface area contributed by atoms with E-state index < -0.39 is 0 Å². The number of hydrogen-bond acceptors (Lipinski definition) is 3. The molecule has 0 fully saturated rings. The van der Waals surface area contributed by atoms with Crippen LogP contribution in [-0.4, -0.2) is 10.2 Å². The van der Waals surface area contributed by atoms with Gasteiger partial charge in [-0.1, -0.05) is 6.07 Å². The van der Waals surface area contributed by atoms with Crippen molar-refractivity contribution >= 4 is 16.6 Å². The van der Waals surface area contributed by atoms with Gasteiger partial charge in [-0.25, -0.2) is 4.39 Å². The molecule has 0 saturated heterocycles. The molecule has 5 heteroatoms. The molecular formula is C15H11FN4. The van der Waals surface area contributed by atoms with Crippen LogP contribution in [0.5, 0.6) is 0 Å². The van der Waals surface area contributed by atoms with Gasteiger partial charge in [0.05, 0.1) is 23.3 Å². The van der Waals surface area contributed by atoms with E-state index in [-0.39, 0.29) is 5.82 Å². The molecular weight excluding hydrogens is 255 g/mol. The second kappa shape index (κ2) is 5.02. The molecule has 0 aliphatic carbocycles. The number of benzene rings is 2. The third-order valence-electron chi connectivity index (χ3n) is 3.11. The van der Waals surface area contributed by atoms with E-state index in [0.717, 1.165) is 16.6 Å². The van der Waals surface area contributed by atoms with Crippen LogP contribution < -0.4 is 5.32 Å². The first-order chi connectivity index (χ1) is 9.76. The Morgan fingerprint density at radius 3 is 2.95 bits per heavy atom. The number of halogens is 1. The van der Waals surface area contributed by atoms with Gasteiger partial charge in [0.25, 0.3) is 0 Å². The highest BCUT2D eigenvalue weighted by atomic mass is 19.1. The van der Waals surface area contributed by atoms with Crippen LogP contribution in [0, 0.1) is 17.1 Å². The van der Waals surface area contributed by atoms with Crippen molar-refractivity contribution in [2.24, 2.45) is 0 Å². The molecule has 4 nitrogen and oxygen atoms in total. The van der Waals surface area contributed by atoms with Gasteiger partial charge in [0.2, 0.25) is 0 Å². The van der Waals surface area contributed by atoms with Crippen molar-refractivity contribution in [3.63, 3.8) is 0 Å². The van der Waals surface area contributed by atoms with Gasteiger partial charge in [-0.15, -0.1) is 0 Å². The maximum atomic E-state index is 13.7. The van der Waals surface area contributed by atoms with Gasteiger partial charge in [-0.05, 0) is 30.3 Å². The van der Waals surface area contributed by atoms with Gasteiger partial charge in [-0.2, -0.15) is 10.4 Å². The molecule has 0 amide bonds. The predicted molar refractivity (Wildman–Crippen MR) is 74.5 cm³/mol. The van der Waals surface area contributed by atoms with Crippen molar-refractivity contribution in [2.75, 3.05) is 5.32 Å². The molecule has 0 atom stereocenters. The Kier molecular flexibility index (Phi) is 3.05. The molecule has 3 aromatic rings. The zero-order valence-electron chi connectivity index (χ0n) is 10.5. The van der Waals surface area contributed by atoms with Crippen LogP contribution in [0.4, 0.5) is 10.1 Å². The highest BCUT2D eigenvalue weighted by Gasteiger charge is 2.04. The van der Waals surface area contributed by atoms with Crippen molar-refractivity contribution in [3.8, 4) is 6.07 Å². The van der Waals surface area contributed by atoms with Crippen LogP contribution in [0.3, 0.4) is 0 Å². The van der Waals surface area contributed by atoms with Gasteiger partial charge < -0.3 is 5.32 Å². The fraction of sp³-hybridized carbons (Fsp3) is 0.0667. The molecule has 0 bridgehead atoms. The van der Waals surface area contributed by atoms with Gasteiger partial charge in [0.15, 0.2) is 0 Å². The Hall–Kier alpha value is -2.87. The number of aromatic nitrogens is 2. The molecule has 2 aromatic carbocycles.